The molecule has 29 heavy (non-hydrogen) atoms. The maximum Gasteiger partial charge on any atom is 0.309 e. The third kappa shape index (κ3) is 2.97. The van der Waals surface area contributed by atoms with Gasteiger partial charge in [0.05, 0.1) is 22.2 Å². The first-order valence-electron chi connectivity index (χ1n) is 9.56. The second kappa shape index (κ2) is 6.68. The summed E-state index contributed by atoms with van der Waals surface area (Å²) in [6.45, 7) is 2.60. The first-order valence-corrected chi connectivity index (χ1v) is 9.56. The van der Waals surface area contributed by atoms with E-state index in [0.717, 1.165) is 4.90 Å². The summed E-state index contributed by atoms with van der Waals surface area (Å²) in [6.07, 6.45) is 1.01. The van der Waals surface area contributed by atoms with Crippen molar-refractivity contribution < 1.29 is 29.1 Å². The normalized spacial score (nSPS) is 23.8. The lowest BCUT2D eigenvalue weighted by Crippen LogP contribution is -2.54. The Bertz CT molecular complexity index is 948. The molecule has 3 aliphatic rings. The first-order chi connectivity index (χ1) is 13.7. The molecule has 1 aromatic rings. The van der Waals surface area contributed by atoms with E-state index in [1.807, 2.05) is 4.90 Å². The number of rotatable bonds is 3. The molecule has 2 saturated heterocycles. The van der Waals surface area contributed by atoms with Crippen molar-refractivity contribution in [1.82, 2.24) is 10.2 Å². The summed E-state index contributed by atoms with van der Waals surface area (Å²) in [6, 6.07) is 3.96. The largest absolute Gasteiger partial charge is 0.481 e. The van der Waals surface area contributed by atoms with Crippen LogP contribution in [0.15, 0.2) is 18.2 Å². The number of imide groups is 2. The molecule has 1 unspecified atom stereocenters. The summed E-state index contributed by atoms with van der Waals surface area (Å²) in [5.41, 5.74) is 0.223. The lowest BCUT2D eigenvalue weighted by atomic mass is 9.80. The Morgan fingerprint density at radius 1 is 1.14 bits per heavy atom. The molecule has 0 radical (unpaired) electrons. The van der Waals surface area contributed by atoms with E-state index in [0.29, 0.717) is 31.6 Å². The number of anilines is 1. The van der Waals surface area contributed by atoms with Gasteiger partial charge < -0.3 is 10.0 Å². The van der Waals surface area contributed by atoms with Crippen molar-refractivity contribution in [2.45, 2.75) is 38.6 Å². The molecular formula is C20H21N3O6. The van der Waals surface area contributed by atoms with Crippen molar-refractivity contribution in [1.29, 1.82) is 0 Å². The van der Waals surface area contributed by atoms with Crippen LogP contribution in [0.2, 0.25) is 0 Å². The number of nitrogens with zero attached hydrogens (tertiary/aromatic N) is 2. The van der Waals surface area contributed by atoms with Gasteiger partial charge in [0, 0.05) is 19.5 Å². The Labute approximate surface area is 166 Å². The molecule has 0 aromatic heterocycles. The number of piperidine rings is 2. The molecule has 2 N–H and O–H groups in total. The number of carboxylic acid groups (broad SMARTS) is 1. The summed E-state index contributed by atoms with van der Waals surface area (Å²) < 4.78 is 0. The molecule has 4 rings (SSSR count). The molecule has 3 heterocycles. The van der Waals surface area contributed by atoms with Gasteiger partial charge in [0.1, 0.15) is 6.04 Å². The Balaban J connectivity index is 1.63. The number of carboxylic acids is 1. The summed E-state index contributed by atoms with van der Waals surface area (Å²) in [5, 5.41) is 11.6. The van der Waals surface area contributed by atoms with Gasteiger partial charge in [-0.2, -0.15) is 0 Å². The van der Waals surface area contributed by atoms with Gasteiger partial charge in [0.15, 0.2) is 0 Å². The smallest absolute Gasteiger partial charge is 0.309 e. The van der Waals surface area contributed by atoms with Gasteiger partial charge >= 0.3 is 5.97 Å². The maximum absolute atomic E-state index is 13.2. The van der Waals surface area contributed by atoms with Crippen LogP contribution in [0.4, 0.5) is 5.69 Å². The number of hydrogen-bond donors (Lipinski definition) is 2. The zero-order chi connectivity index (χ0) is 20.9. The van der Waals surface area contributed by atoms with Crippen LogP contribution in [-0.2, 0) is 14.4 Å². The fourth-order valence-electron chi connectivity index (χ4n) is 4.22. The molecule has 1 aromatic carbocycles. The number of fused-ring (bicyclic) bond motifs is 1. The number of aliphatic carboxylic acids is 1. The fourth-order valence-corrected chi connectivity index (χ4v) is 4.22. The van der Waals surface area contributed by atoms with Gasteiger partial charge in [-0.3, -0.25) is 34.2 Å². The third-order valence-electron chi connectivity index (χ3n) is 6.17. The standard InChI is InChI=1S/C20H21N3O6/c1-20(19(28)29)7-9-22(10-8-20)12-4-2-3-11-15(12)18(27)23(17(11)26)13-5-6-14(24)21-16(13)25/h2-4,13H,5-10H2,1H3,(H,28,29)(H,21,24,25). The molecule has 0 spiro atoms. The van der Waals surface area contributed by atoms with Crippen LogP contribution in [-0.4, -0.2) is 58.7 Å². The minimum Gasteiger partial charge on any atom is -0.481 e. The molecule has 9 nitrogen and oxygen atoms in total. The van der Waals surface area contributed by atoms with Crippen LogP contribution >= 0.6 is 0 Å². The maximum atomic E-state index is 13.2. The molecular weight excluding hydrogens is 378 g/mol. The van der Waals surface area contributed by atoms with Gasteiger partial charge in [0.2, 0.25) is 11.8 Å². The third-order valence-corrected chi connectivity index (χ3v) is 6.17. The van der Waals surface area contributed by atoms with E-state index in [1.54, 1.807) is 25.1 Å². The number of amides is 4. The molecule has 3 aliphatic heterocycles. The molecule has 0 saturated carbocycles. The highest BCUT2D eigenvalue weighted by Gasteiger charge is 2.46. The minimum absolute atomic E-state index is 0.0660. The number of carbonyl (C=O) groups is 5. The lowest BCUT2D eigenvalue weighted by Gasteiger charge is -2.38. The van der Waals surface area contributed by atoms with Gasteiger partial charge in [-0.15, -0.1) is 0 Å². The number of nitrogens with one attached hydrogen (secondary N) is 1. The van der Waals surface area contributed by atoms with Gasteiger partial charge in [-0.25, -0.2) is 0 Å². The average Bonchev–Trinajstić information content (AvgIpc) is 2.94. The molecule has 152 valence electrons. The lowest BCUT2D eigenvalue weighted by molar-refractivity contribution is -0.149. The first kappa shape index (κ1) is 19.1. The predicted octanol–water partition coefficient (Wildman–Crippen LogP) is 0.779. The summed E-state index contributed by atoms with van der Waals surface area (Å²) in [5.74, 6) is -3.01. The average molecular weight is 399 g/mol. The van der Waals surface area contributed by atoms with Gasteiger partial charge in [-0.1, -0.05) is 6.07 Å². The highest BCUT2D eigenvalue weighted by molar-refractivity contribution is 6.25. The molecule has 9 heteroatoms. The Kier molecular flexibility index (Phi) is 4.40. The van der Waals surface area contributed by atoms with E-state index in [2.05, 4.69) is 5.32 Å². The predicted molar refractivity (Wildman–Crippen MR) is 100 cm³/mol. The van der Waals surface area contributed by atoms with E-state index in [4.69, 9.17) is 0 Å². The zero-order valence-electron chi connectivity index (χ0n) is 15.9. The van der Waals surface area contributed by atoms with Crippen LogP contribution < -0.4 is 10.2 Å². The highest BCUT2D eigenvalue weighted by Crippen LogP contribution is 2.38. The molecule has 2 fully saturated rings. The van der Waals surface area contributed by atoms with E-state index in [-0.39, 0.29) is 24.0 Å². The zero-order valence-corrected chi connectivity index (χ0v) is 15.9. The van der Waals surface area contributed by atoms with E-state index < -0.39 is 41.1 Å². The molecule has 0 bridgehead atoms. The number of benzene rings is 1. The Morgan fingerprint density at radius 2 is 1.83 bits per heavy atom. The van der Waals surface area contributed by atoms with Crippen molar-refractivity contribution >= 4 is 35.3 Å². The van der Waals surface area contributed by atoms with Crippen molar-refractivity contribution in [2.75, 3.05) is 18.0 Å². The summed E-state index contributed by atoms with van der Waals surface area (Å²) in [7, 11) is 0. The van der Waals surface area contributed by atoms with Crippen LogP contribution in [0.5, 0.6) is 0 Å². The highest BCUT2D eigenvalue weighted by atomic mass is 16.4. The van der Waals surface area contributed by atoms with Gasteiger partial charge in [-0.05, 0) is 38.3 Å². The molecule has 1 atom stereocenters. The van der Waals surface area contributed by atoms with Crippen molar-refractivity contribution in [2.24, 2.45) is 5.41 Å². The van der Waals surface area contributed by atoms with Crippen LogP contribution in [0.1, 0.15) is 53.3 Å². The molecule has 4 amide bonds. The van der Waals surface area contributed by atoms with Crippen LogP contribution in [0.25, 0.3) is 0 Å². The second-order valence-corrected chi connectivity index (χ2v) is 8.00. The topological polar surface area (TPSA) is 124 Å². The van der Waals surface area contributed by atoms with E-state index in [9.17, 15) is 29.1 Å². The van der Waals surface area contributed by atoms with Crippen molar-refractivity contribution in [3.8, 4) is 0 Å². The van der Waals surface area contributed by atoms with Crippen molar-refractivity contribution in [3.63, 3.8) is 0 Å². The van der Waals surface area contributed by atoms with E-state index >= 15 is 0 Å². The fraction of sp³-hybridized carbons (Fsp3) is 0.450. The molecule has 0 aliphatic carbocycles. The Morgan fingerprint density at radius 3 is 2.45 bits per heavy atom. The van der Waals surface area contributed by atoms with Crippen LogP contribution in [0, 0.1) is 5.41 Å². The monoisotopic (exact) mass is 399 g/mol. The Hall–Kier alpha value is -3.23. The van der Waals surface area contributed by atoms with Crippen molar-refractivity contribution in [3.05, 3.63) is 29.3 Å². The summed E-state index contributed by atoms with van der Waals surface area (Å²) >= 11 is 0. The van der Waals surface area contributed by atoms with E-state index in [1.165, 1.54) is 0 Å². The number of carbonyl (C=O) groups excluding carboxylic acids is 4. The quantitative estimate of drug-likeness (QED) is 0.720. The number of hydrogen-bond acceptors (Lipinski definition) is 6. The minimum atomic E-state index is -1.01. The SMILES string of the molecule is CC1(C(=O)O)CCN(c2cccc3c2C(=O)N(C2CCC(=O)NC2=O)C3=O)CC1. The van der Waals surface area contributed by atoms with Crippen LogP contribution in [0.3, 0.4) is 0 Å². The summed E-state index contributed by atoms with van der Waals surface area (Å²) in [4.78, 5) is 64.0. The second-order valence-electron chi connectivity index (χ2n) is 8.00. The van der Waals surface area contributed by atoms with Gasteiger partial charge in [0.25, 0.3) is 11.8 Å².